The fourth-order valence-electron chi connectivity index (χ4n) is 0.776. The van der Waals surface area contributed by atoms with Gasteiger partial charge in [-0.3, -0.25) is 4.79 Å². The zero-order valence-corrected chi connectivity index (χ0v) is 8.47. The number of hydrogen-bond acceptors (Lipinski definition) is 3. The standard InChI is InChI=1S/C10H11NOS/c1-8(2)7-10(12)13-9-5-3-4-6-11-9/h3-7H,1-2H3. The number of rotatable bonds is 2. The first-order valence-electron chi connectivity index (χ1n) is 3.96. The Hall–Kier alpha value is -1.09. The molecule has 0 fully saturated rings. The zero-order valence-electron chi connectivity index (χ0n) is 7.65. The third-order valence-electron chi connectivity index (χ3n) is 1.25. The van der Waals surface area contributed by atoms with E-state index in [2.05, 4.69) is 4.98 Å². The van der Waals surface area contributed by atoms with Gasteiger partial charge in [0, 0.05) is 6.20 Å². The molecule has 1 aromatic rings. The van der Waals surface area contributed by atoms with Crippen LogP contribution in [0.4, 0.5) is 0 Å². The molecule has 0 saturated heterocycles. The van der Waals surface area contributed by atoms with Crippen molar-refractivity contribution in [3.05, 3.63) is 36.0 Å². The molecule has 0 radical (unpaired) electrons. The van der Waals surface area contributed by atoms with Crippen molar-refractivity contribution in [2.75, 3.05) is 0 Å². The van der Waals surface area contributed by atoms with Crippen LogP contribution in [0.2, 0.25) is 0 Å². The summed E-state index contributed by atoms with van der Waals surface area (Å²) in [4.78, 5) is 15.3. The average Bonchev–Trinajstić information content (AvgIpc) is 2.04. The van der Waals surface area contributed by atoms with Gasteiger partial charge in [0.05, 0.1) is 0 Å². The number of thioether (sulfide) groups is 1. The van der Waals surface area contributed by atoms with E-state index in [0.29, 0.717) is 0 Å². The van der Waals surface area contributed by atoms with Gasteiger partial charge in [0.2, 0.25) is 5.12 Å². The topological polar surface area (TPSA) is 30.0 Å². The average molecular weight is 193 g/mol. The second kappa shape index (κ2) is 4.82. The van der Waals surface area contributed by atoms with Gasteiger partial charge in [0.1, 0.15) is 5.03 Å². The third kappa shape index (κ3) is 3.90. The van der Waals surface area contributed by atoms with Crippen LogP contribution in [-0.2, 0) is 4.79 Å². The zero-order chi connectivity index (χ0) is 9.68. The summed E-state index contributed by atoms with van der Waals surface area (Å²) in [6.07, 6.45) is 3.29. The maximum atomic E-state index is 11.3. The van der Waals surface area contributed by atoms with E-state index in [1.807, 2.05) is 32.0 Å². The van der Waals surface area contributed by atoms with Crippen molar-refractivity contribution in [3.8, 4) is 0 Å². The van der Waals surface area contributed by atoms with Gasteiger partial charge in [-0.25, -0.2) is 4.98 Å². The smallest absolute Gasteiger partial charge is 0.218 e. The highest BCUT2D eigenvalue weighted by atomic mass is 32.2. The lowest BCUT2D eigenvalue weighted by atomic mass is 10.3. The SMILES string of the molecule is CC(C)=CC(=O)Sc1ccccn1. The van der Waals surface area contributed by atoms with Crippen LogP contribution in [0.1, 0.15) is 13.8 Å². The van der Waals surface area contributed by atoms with E-state index < -0.39 is 0 Å². The van der Waals surface area contributed by atoms with Gasteiger partial charge in [0.25, 0.3) is 0 Å². The Balaban J connectivity index is 2.61. The second-order valence-electron chi connectivity index (χ2n) is 2.81. The third-order valence-corrected chi connectivity index (χ3v) is 2.02. The molecule has 0 bridgehead atoms. The molecule has 0 saturated carbocycles. The van der Waals surface area contributed by atoms with Crippen molar-refractivity contribution in [3.63, 3.8) is 0 Å². The molecule has 0 aliphatic heterocycles. The van der Waals surface area contributed by atoms with Crippen LogP contribution in [0, 0.1) is 0 Å². The monoisotopic (exact) mass is 193 g/mol. The number of pyridine rings is 1. The normalized spacial score (nSPS) is 9.38. The molecule has 3 heteroatoms. The van der Waals surface area contributed by atoms with Gasteiger partial charge in [-0.2, -0.15) is 0 Å². The van der Waals surface area contributed by atoms with E-state index in [-0.39, 0.29) is 5.12 Å². The fourth-order valence-corrected chi connectivity index (χ4v) is 1.54. The lowest BCUT2D eigenvalue weighted by molar-refractivity contribution is -0.107. The van der Waals surface area contributed by atoms with Crippen molar-refractivity contribution < 1.29 is 4.79 Å². The minimum absolute atomic E-state index is 0.0266. The molecule has 0 spiro atoms. The number of carbonyl (C=O) groups is 1. The summed E-state index contributed by atoms with van der Waals surface area (Å²) >= 11 is 1.15. The first-order valence-corrected chi connectivity index (χ1v) is 4.78. The lowest BCUT2D eigenvalue weighted by Gasteiger charge is -1.94. The molecule has 13 heavy (non-hydrogen) atoms. The van der Waals surface area contributed by atoms with Crippen molar-refractivity contribution in [2.24, 2.45) is 0 Å². The summed E-state index contributed by atoms with van der Waals surface area (Å²) in [5, 5.41) is 0.767. The minimum Gasteiger partial charge on any atom is -0.282 e. The quantitative estimate of drug-likeness (QED) is 0.534. The highest BCUT2D eigenvalue weighted by molar-refractivity contribution is 8.14. The summed E-state index contributed by atoms with van der Waals surface area (Å²) in [6, 6.07) is 5.52. The Morgan fingerprint density at radius 3 is 2.77 bits per heavy atom. The van der Waals surface area contributed by atoms with Gasteiger partial charge in [-0.15, -0.1) is 0 Å². The molecule has 0 unspecified atom stereocenters. The van der Waals surface area contributed by atoms with E-state index >= 15 is 0 Å². The molecule has 68 valence electrons. The van der Waals surface area contributed by atoms with E-state index in [1.165, 1.54) is 0 Å². The van der Waals surface area contributed by atoms with Gasteiger partial charge in [0.15, 0.2) is 0 Å². The second-order valence-corrected chi connectivity index (χ2v) is 3.84. The molecule has 1 rings (SSSR count). The molecule has 1 heterocycles. The predicted molar refractivity (Wildman–Crippen MR) is 54.5 cm³/mol. The van der Waals surface area contributed by atoms with Gasteiger partial charge < -0.3 is 0 Å². The number of nitrogens with zero attached hydrogens (tertiary/aromatic N) is 1. The molecule has 0 N–H and O–H groups in total. The van der Waals surface area contributed by atoms with Crippen LogP contribution < -0.4 is 0 Å². The predicted octanol–water partition coefficient (Wildman–Crippen LogP) is 2.67. The number of allylic oxidation sites excluding steroid dienone is 1. The molecule has 0 amide bonds. The van der Waals surface area contributed by atoms with E-state index in [0.717, 1.165) is 22.4 Å². The first kappa shape index (κ1) is 9.99. The summed E-state index contributed by atoms with van der Waals surface area (Å²) < 4.78 is 0. The van der Waals surface area contributed by atoms with Crippen LogP contribution >= 0.6 is 11.8 Å². The van der Waals surface area contributed by atoms with Crippen LogP contribution in [0.25, 0.3) is 0 Å². The molecule has 0 aliphatic rings. The van der Waals surface area contributed by atoms with Crippen LogP contribution in [-0.4, -0.2) is 10.1 Å². The van der Waals surface area contributed by atoms with Gasteiger partial charge >= 0.3 is 0 Å². The highest BCUT2D eigenvalue weighted by Crippen LogP contribution is 2.16. The largest absolute Gasteiger partial charge is 0.282 e. The summed E-state index contributed by atoms with van der Waals surface area (Å²) in [7, 11) is 0. The first-order chi connectivity index (χ1) is 6.18. The van der Waals surface area contributed by atoms with Crippen molar-refractivity contribution in [1.29, 1.82) is 0 Å². The van der Waals surface area contributed by atoms with E-state index in [9.17, 15) is 4.79 Å². The van der Waals surface area contributed by atoms with Crippen LogP contribution in [0.5, 0.6) is 0 Å². The summed E-state index contributed by atoms with van der Waals surface area (Å²) in [5.41, 5.74) is 1.01. The lowest BCUT2D eigenvalue weighted by Crippen LogP contribution is -1.87. The van der Waals surface area contributed by atoms with Crippen molar-refractivity contribution in [1.82, 2.24) is 4.98 Å². The summed E-state index contributed by atoms with van der Waals surface area (Å²) in [5.74, 6) is 0. The van der Waals surface area contributed by atoms with Gasteiger partial charge in [-0.1, -0.05) is 11.6 Å². The highest BCUT2D eigenvalue weighted by Gasteiger charge is 2.00. The van der Waals surface area contributed by atoms with Crippen molar-refractivity contribution in [2.45, 2.75) is 18.9 Å². The molecule has 1 aromatic heterocycles. The Bertz CT molecular complexity index is 315. The molecule has 2 nitrogen and oxygen atoms in total. The Labute approximate surface area is 82.1 Å². The minimum atomic E-state index is 0.0266. The molecular formula is C10H11NOS. The van der Waals surface area contributed by atoms with Crippen LogP contribution in [0.15, 0.2) is 41.1 Å². The van der Waals surface area contributed by atoms with Crippen LogP contribution in [0.3, 0.4) is 0 Å². The number of carbonyl (C=O) groups excluding carboxylic acids is 1. The van der Waals surface area contributed by atoms with E-state index in [4.69, 9.17) is 0 Å². The number of aromatic nitrogens is 1. The molecule has 0 atom stereocenters. The Kier molecular flexibility index (Phi) is 3.71. The Morgan fingerprint density at radius 1 is 1.46 bits per heavy atom. The summed E-state index contributed by atoms with van der Waals surface area (Å²) in [6.45, 7) is 3.80. The number of hydrogen-bond donors (Lipinski definition) is 0. The van der Waals surface area contributed by atoms with Gasteiger partial charge in [-0.05, 0) is 43.8 Å². The molecule has 0 aliphatic carbocycles. The fraction of sp³-hybridized carbons (Fsp3) is 0.200. The molecular weight excluding hydrogens is 182 g/mol. The maximum Gasteiger partial charge on any atom is 0.218 e. The van der Waals surface area contributed by atoms with Crippen molar-refractivity contribution >= 4 is 16.9 Å². The maximum absolute atomic E-state index is 11.3. The molecule has 0 aromatic carbocycles. The van der Waals surface area contributed by atoms with E-state index in [1.54, 1.807) is 12.3 Å². The Morgan fingerprint density at radius 2 is 2.23 bits per heavy atom.